The maximum atomic E-state index is 12.6. The lowest BCUT2D eigenvalue weighted by molar-refractivity contribution is -0.134. The lowest BCUT2D eigenvalue weighted by Gasteiger charge is -2.29. The van der Waals surface area contributed by atoms with E-state index in [1.165, 1.54) is 0 Å². The molecule has 3 rings (SSSR count). The average molecular weight is 342 g/mol. The Morgan fingerprint density at radius 2 is 2.04 bits per heavy atom. The van der Waals surface area contributed by atoms with Crippen LogP contribution in [0.15, 0.2) is 30.3 Å². The van der Waals surface area contributed by atoms with Gasteiger partial charge in [-0.15, -0.1) is 0 Å². The van der Waals surface area contributed by atoms with Gasteiger partial charge >= 0.3 is 6.03 Å². The third-order valence-electron chi connectivity index (χ3n) is 4.89. The maximum absolute atomic E-state index is 12.6. The van der Waals surface area contributed by atoms with Gasteiger partial charge in [-0.25, -0.2) is 4.79 Å². The van der Waals surface area contributed by atoms with Crippen LogP contribution in [-0.4, -0.2) is 52.4 Å². The number of nitrogens with one attached hydrogen (secondary N) is 2. The van der Waals surface area contributed by atoms with Gasteiger partial charge in [-0.1, -0.05) is 18.2 Å². The molecule has 6 heteroatoms. The molecule has 1 fully saturated rings. The van der Waals surface area contributed by atoms with Crippen LogP contribution in [0.1, 0.15) is 32.4 Å². The second kappa shape index (κ2) is 7.59. The van der Waals surface area contributed by atoms with Crippen molar-refractivity contribution in [2.75, 3.05) is 19.6 Å². The van der Waals surface area contributed by atoms with E-state index in [2.05, 4.69) is 10.3 Å². The number of fused-ring (bicyclic) bond motifs is 1. The van der Waals surface area contributed by atoms with Crippen LogP contribution >= 0.6 is 0 Å². The minimum atomic E-state index is -0.331. The van der Waals surface area contributed by atoms with Crippen molar-refractivity contribution >= 4 is 22.8 Å². The molecule has 1 aromatic carbocycles. The summed E-state index contributed by atoms with van der Waals surface area (Å²) in [5.41, 5.74) is 2.02. The molecule has 0 radical (unpaired) electrons. The largest absolute Gasteiger partial charge is 0.357 e. The SMILES string of the molecule is CCN(CC)C(=O)[C@H]1CCCN1C(=O)NCc1cc2ccccc2[nH]1. The molecular weight excluding hydrogens is 316 g/mol. The summed E-state index contributed by atoms with van der Waals surface area (Å²) in [5.74, 6) is 0.0586. The Kier molecular flexibility index (Phi) is 5.26. The van der Waals surface area contributed by atoms with Gasteiger partial charge in [-0.05, 0) is 44.2 Å². The number of amides is 3. The summed E-state index contributed by atoms with van der Waals surface area (Å²) in [7, 11) is 0. The molecule has 2 N–H and O–H groups in total. The molecule has 6 nitrogen and oxygen atoms in total. The van der Waals surface area contributed by atoms with Crippen LogP contribution in [0.4, 0.5) is 4.79 Å². The first kappa shape index (κ1) is 17.3. The number of likely N-dealkylation sites (N-methyl/N-ethyl adjacent to an activating group) is 1. The molecule has 1 aromatic heterocycles. The molecule has 1 saturated heterocycles. The first-order valence-corrected chi connectivity index (χ1v) is 9.04. The zero-order chi connectivity index (χ0) is 17.8. The van der Waals surface area contributed by atoms with Gasteiger partial charge in [0, 0.05) is 30.8 Å². The van der Waals surface area contributed by atoms with Crippen LogP contribution in [-0.2, 0) is 11.3 Å². The molecule has 1 atom stereocenters. The van der Waals surface area contributed by atoms with Crippen molar-refractivity contribution in [1.82, 2.24) is 20.1 Å². The third kappa shape index (κ3) is 3.62. The fourth-order valence-corrected chi connectivity index (χ4v) is 3.51. The second-order valence-electron chi connectivity index (χ2n) is 6.40. The van der Waals surface area contributed by atoms with Crippen molar-refractivity contribution in [1.29, 1.82) is 0 Å². The summed E-state index contributed by atoms with van der Waals surface area (Å²) in [6.45, 7) is 6.35. The first-order valence-electron chi connectivity index (χ1n) is 9.04. The molecule has 2 aromatic rings. The number of aromatic nitrogens is 1. The van der Waals surface area contributed by atoms with E-state index in [1.54, 1.807) is 9.80 Å². The van der Waals surface area contributed by atoms with Gasteiger partial charge in [0.15, 0.2) is 0 Å². The number of nitrogens with zero attached hydrogens (tertiary/aromatic N) is 2. The van der Waals surface area contributed by atoms with Crippen molar-refractivity contribution in [2.45, 2.75) is 39.3 Å². The predicted molar refractivity (Wildman–Crippen MR) is 98.2 cm³/mol. The Hall–Kier alpha value is -2.50. The molecule has 0 saturated carbocycles. The van der Waals surface area contributed by atoms with Gasteiger partial charge in [0.2, 0.25) is 5.91 Å². The van der Waals surface area contributed by atoms with Crippen LogP contribution < -0.4 is 5.32 Å². The van der Waals surface area contributed by atoms with Gasteiger partial charge in [-0.2, -0.15) is 0 Å². The molecule has 0 unspecified atom stereocenters. The van der Waals surface area contributed by atoms with E-state index in [4.69, 9.17) is 0 Å². The average Bonchev–Trinajstić information content (AvgIpc) is 3.27. The fourth-order valence-electron chi connectivity index (χ4n) is 3.51. The first-order chi connectivity index (χ1) is 12.1. The Morgan fingerprint density at radius 3 is 2.76 bits per heavy atom. The van der Waals surface area contributed by atoms with E-state index in [0.29, 0.717) is 26.2 Å². The second-order valence-corrected chi connectivity index (χ2v) is 6.40. The summed E-state index contributed by atoms with van der Waals surface area (Å²) >= 11 is 0. The number of benzene rings is 1. The maximum Gasteiger partial charge on any atom is 0.318 e. The fraction of sp³-hybridized carbons (Fsp3) is 0.474. The van der Waals surface area contributed by atoms with Crippen molar-refractivity contribution < 1.29 is 9.59 Å². The summed E-state index contributed by atoms with van der Waals surface area (Å²) in [5, 5.41) is 4.07. The van der Waals surface area contributed by atoms with E-state index < -0.39 is 0 Å². The highest BCUT2D eigenvalue weighted by Gasteiger charge is 2.35. The number of carbonyl (C=O) groups is 2. The van der Waals surface area contributed by atoms with Gasteiger partial charge in [0.05, 0.1) is 6.54 Å². The van der Waals surface area contributed by atoms with Crippen LogP contribution in [0.5, 0.6) is 0 Å². The van der Waals surface area contributed by atoms with Gasteiger partial charge in [0.25, 0.3) is 0 Å². The molecule has 3 amide bonds. The minimum absolute atomic E-state index is 0.0586. The quantitative estimate of drug-likeness (QED) is 0.877. The van der Waals surface area contributed by atoms with E-state index in [9.17, 15) is 9.59 Å². The van der Waals surface area contributed by atoms with Crippen LogP contribution in [0.3, 0.4) is 0 Å². The van der Waals surface area contributed by atoms with E-state index in [-0.39, 0.29) is 18.0 Å². The topological polar surface area (TPSA) is 68.4 Å². The summed E-state index contributed by atoms with van der Waals surface area (Å²) < 4.78 is 0. The number of likely N-dealkylation sites (tertiary alicyclic amines) is 1. The van der Waals surface area contributed by atoms with Crippen molar-refractivity contribution in [3.8, 4) is 0 Å². The molecular formula is C19H26N4O2. The van der Waals surface area contributed by atoms with Crippen molar-refractivity contribution in [2.24, 2.45) is 0 Å². The van der Waals surface area contributed by atoms with E-state index in [1.807, 2.05) is 44.2 Å². The Labute approximate surface area is 148 Å². The summed E-state index contributed by atoms with van der Waals surface area (Å²) in [6.07, 6.45) is 1.62. The van der Waals surface area contributed by atoms with Crippen LogP contribution in [0.25, 0.3) is 10.9 Å². The van der Waals surface area contributed by atoms with Gasteiger partial charge in [-0.3, -0.25) is 4.79 Å². The number of rotatable bonds is 5. The predicted octanol–water partition coefficient (Wildman–Crippen LogP) is 2.71. The smallest absolute Gasteiger partial charge is 0.318 e. The number of carbonyl (C=O) groups excluding carboxylic acids is 2. The Bertz CT molecular complexity index is 718. The zero-order valence-corrected chi connectivity index (χ0v) is 14.9. The Balaban J connectivity index is 1.62. The number of H-pyrrole nitrogens is 1. The third-order valence-corrected chi connectivity index (χ3v) is 4.89. The molecule has 25 heavy (non-hydrogen) atoms. The molecule has 0 spiro atoms. The van der Waals surface area contributed by atoms with Crippen molar-refractivity contribution in [3.05, 3.63) is 36.0 Å². The van der Waals surface area contributed by atoms with Gasteiger partial charge in [0.1, 0.15) is 6.04 Å². The van der Waals surface area contributed by atoms with E-state index in [0.717, 1.165) is 29.4 Å². The summed E-state index contributed by atoms with van der Waals surface area (Å²) in [6, 6.07) is 9.57. The van der Waals surface area contributed by atoms with E-state index >= 15 is 0 Å². The highest BCUT2D eigenvalue weighted by Crippen LogP contribution is 2.20. The summed E-state index contributed by atoms with van der Waals surface area (Å²) in [4.78, 5) is 32.0. The van der Waals surface area contributed by atoms with Gasteiger partial charge < -0.3 is 20.1 Å². The number of urea groups is 1. The Morgan fingerprint density at radius 1 is 1.28 bits per heavy atom. The molecule has 1 aliphatic rings. The van der Waals surface area contributed by atoms with Crippen LogP contribution in [0.2, 0.25) is 0 Å². The molecule has 2 heterocycles. The molecule has 0 aliphatic carbocycles. The lowest BCUT2D eigenvalue weighted by atomic mass is 10.2. The normalized spacial score (nSPS) is 17.0. The number of aromatic amines is 1. The number of hydrogen-bond donors (Lipinski definition) is 2. The van der Waals surface area contributed by atoms with Crippen LogP contribution in [0, 0.1) is 0 Å². The lowest BCUT2D eigenvalue weighted by Crippen LogP contribution is -2.50. The monoisotopic (exact) mass is 342 g/mol. The number of hydrogen-bond acceptors (Lipinski definition) is 2. The standard InChI is InChI=1S/C19H26N4O2/c1-3-22(4-2)18(24)17-10-7-11-23(17)19(25)20-13-15-12-14-8-5-6-9-16(14)21-15/h5-6,8-9,12,17,21H,3-4,7,10-11,13H2,1-2H3,(H,20,25)/t17-/m1/s1. The molecule has 1 aliphatic heterocycles. The molecule has 0 bridgehead atoms. The highest BCUT2D eigenvalue weighted by molar-refractivity contribution is 5.87. The van der Waals surface area contributed by atoms with Crippen molar-refractivity contribution in [3.63, 3.8) is 0 Å². The molecule has 134 valence electrons. The highest BCUT2D eigenvalue weighted by atomic mass is 16.2. The minimum Gasteiger partial charge on any atom is -0.357 e. The number of para-hydroxylation sites is 1. The zero-order valence-electron chi connectivity index (χ0n) is 14.9.